The van der Waals surface area contributed by atoms with Gasteiger partial charge in [-0.3, -0.25) is 0 Å². The van der Waals surface area contributed by atoms with E-state index >= 15 is 0 Å². The summed E-state index contributed by atoms with van der Waals surface area (Å²) in [6.07, 6.45) is 0. The van der Waals surface area contributed by atoms with Gasteiger partial charge in [0.15, 0.2) is 0 Å². The molecule has 4 nitrogen and oxygen atoms in total. The van der Waals surface area contributed by atoms with Crippen LogP contribution in [0.4, 0.5) is 0 Å². The first-order chi connectivity index (χ1) is 3.15. The van der Waals surface area contributed by atoms with Gasteiger partial charge in [0.05, 0.1) is 0 Å². The molecule has 0 aromatic heterocycles. The van der Waals surface area contributed by atoms with E-state index in [1.54, 1.807) is 0 Å². The minimum absolute atomic E-state index is 1.44. The van der Waals surface area contributed by atoms with Gasteiger partial charge < -0.3 is 0 Å². The van der Waals surface area contributed by atoms with Gasteiger partial charge in [-0.1, -0.05) is 12.6 Å². The summed E-state index contributed by atoms with van der Waals surface area (Å²) in [5.74, 6) is 0. The van der Waals surface area contributed by atoms with Gasteiger partial charge in [-0.05, 0) is 0 Å². The molecule has 0 fully saturated rings. The second-order valence-electron chi connectivity index (χ2n) is 0.331. The molecule has 7 heavy (non-hydrogen) atoms. The van der Waals surface area contributed by atoms with Crippen LogP contribution in [-0.2, 0) is 3.83 Å². The van der Waals surface area contributed by atoms with Gasteiger partial charge in [-0.25, -0.2) is 0 Å². The molecule has 0 aliphatic carbocycles. The number of rotatable bonds is 0. The average molecular weight is 188 g/mol. The predicted octanol–water partition coefficient (Wildman–Crippen LogP) is -1.22. The van der Waals surface area contributed by atoms with E-state index in [0.29, 0.717) is 0 Å². The van der Waals surface area contributed by atoms with Gasteiger partial charge in [0.25, 0.3) is 0 Å². The van der Waals surface area contributed by atoms with Crippen molar-refractivity contribution in [3.05, 3.63) is 0 Å². The molecule has 0 unspecified atom stereocenters. The number of thiol groups is 1. The zero-order valence-electron chi connectivity index (χ0n) is 3.11. The van der Waals surface area contributed by atoms with Crippen molar-refractivity contribution in [3.63, 3.8) is 0 Å². The first kappa shape index (κ1) is 10.1. The van der Waals surface area contributed by atoms with Gasteiger partial charge in [-0.15, -0.1) is 0 Å². The molecule has 0 aliphatic heterocycles. The number of thiocyanates is 1. The Kier molecular flexibility index (Phi) is 13.7. The fourth-order valence-electron chi connectivity index (χ4n) is 0. The van der Waals surface area contributed by atoms with Crippen molar-refractivity contribution < 1.29 is 12.2 Å². The van der Waals surface area contributed by atoms with Crippen LogP contribution in [0.5, 0.6) is 0 Å². The first-order valence-corrected chi connectivity index (χ1v) is 3.66. The topological polar surface area (TPSA) is 81.3 Å². The second-order valence-corrected chi connectivity index (χ2v) is 1.50. The van der Waals surface area contributed by atoms with Gasteiger partial charge in [0, 0.05) is 0 Å². The Morgan fingerprint density at radius 2 is 1.71 bits per heavy atom. The van der Waals surface area contributed by atoms with E-state index in [0.717, 1.165) is 0 Å². The molecule has 42 valence electrons. The van der Waals surface area contributed by atoms with Gasteiger partial charge >= 0.3 is 26.7 Å². The third-order valence-electron chi connectivity index (χ3n) is 0. The number of nitrogens with zero attached hydrogens (tertiary/aromatic N) is 1. The van der Waals surface area contributed by atoms with Gasteiger partial charge in [-0.2, -0.15) is 5.26 Å². The van der Waals surface area contributed by atoms with E-state index in [2.05, 4.69) is 12.6 Å². The van der Waals surface area contributed by atoms with E-state index in [1.807, 2.05) is 0 Å². The van der Waals surface area contributed by atoms with E-state index in [9.17, 15) is 0 Å². The zero-order chi connectivity index (χ0) is 6.28. The Morgan fingerprint density at radius 1 is 1.71 bits per heavy atom. The third kappa shape index (κ3) is 16000. The van der Waals surface area contributed by atoms with Crippen molar-refractivity contribution >= 4 is 27.1 Å². The molecule has 0 saturated heterocycles. The molecular weight excluding hydrogens is 185 g/mol. The Balaban J connectivity index is 0. The van der Waals surface area contributed by atoms with Crippen molar-refractivity contribution in [3.8, 4) is 5.40 Å². The summed E-state index contributed by atoms with van der Waals surface area (Å²) < 4.78 is 23.1. The molecule has 0 bridgehead atoms. The Labute approximate surface area is 50.5 Å². The molecule has 0 aromatic carbocycles. The van der Waals surface area contributed by atoms with Crippen molar-refractivity contribution in [2.45, 2.75) is 0 Å². The van der Waals surface area contributed by atoms with E-state index < -0.39 is 14.5 Å². The molecule has 6 heteroatoms. The van der Waals surface area contributed by atoms with Crippen LogP contribution in [0.3, 0.4) is 0 Å². The van der Waals surface area contributed by atoms with Crippen LogP contribution < -0.4 is 0 Å². The fourth-order valence-corrected chi connectivity index (χ4v) is 0. The summed E-state index contributed by atoms with van der Waals surface area (Å²) >= 11 is -0.198. The molecule has 0 spiro atoms. The van der Waals surface area contributed by atoms with Crippen molar-refractivity contribution in [2.75, 3.05) is 0 Å². The molecule has 0 saturated carbocycles. The van der Waals surface area contributed by atoms with Crippen LogP contribution in [0.15, 0.2) is 0 Å². The van der Waals surface area contributed by atoms with E-state index in [4.69, 9.17) is 17.5 Å². The molecule has 0 amide bonds. The molecule has 0 atom stereocenters. The Bertz CT molecular complexity index is 83.4. The number of hydrogen-bond acceptors (Lipinski definition) is 3. The summed E-state index contributed by atoms with van der Waals surface area (Å²) in [5, 5.41) is 8.63. The van der Waals surface area contributed by atoms with Crippen molar-refractivity contribution in [1.29, 1.82) is 5.26 Å². The van der Waals surface area contributed by atoms with Crippen molar-refractivity contribution in [2.24, 2.45) is 0 Å². The fraction of sp³-hybridized carbons (Fsp3) is 0. The standard InChI is InChI=1S/CHNS.H2O3Se/c2-1-3;1-4(2)3/h3H;(H2,1,2,3). The van der Waals surface area contributed by atoms with E-state index in [-0.39, 0.29) is 0 Å². The Morgan fingerprint density at radius 3 is 1.71 bits per heavy atom. The van der Waals surface area contributed by atoms with Crippen LogP contribution in [0.2, 0.25) is 0 Å². The summed E-state index contributed by atoms with van der Waals surface area (Å²) in [7, 11) is 0. The summed E-state index contributed by atoms with van der Waals surface area (Å²) in [6, 6.07) is 0. The average Bonchev–Trinajstić information content (AvgIpc) is 1.33. The predicted molar refractivity (Wildman–Crippen MR) is 25.5 cm³/mol. The monoisotopic (exact) mass is 189 g/mol. The molecule has 0 radical (unpaired) electrons. The Hall–Kier alpha value is 0.0795. The summed E-state index contributed by atoms with van der Waals surface area (Å²) in [4.78, 5) is 0. The molecule has 0 rings (SSSR count). The molecule has 0 heterocycles. The summed E-state index contributed by atoms with van der Waals surface area (Å²) in [6.45, 7) is 0. The minimum atomic E-state index is -3.29. The van der Waals surface area contributed by atoms with Crippen LogP contribution in [0, 0.1) is 10.7 Å². The maximum atomic E-state index is 8.76. The number of nitriles is 1. The number of hydrogen-bond donors (Lipinski definition) is 3. The molecular formula is CH3NO3SSe. The molecule has 0 aromatic rings. The first-order valence-electron chi connectivity index (χ1n) is 0.979. The quantitative estimate of drug-likeness (QED) is 0.253. The van der Waals surface area contributed by atoms with Crippen LogP contribution in [-0.4, -0.2) is 22.9 Å². The zero-order valence-corrected chi connectivity index (χ0v) is 5.71. The van der Waals surface area contributed by atoms with Crippen LogP contribution in [0.25, 0.3) is 0 Å². The van der Waals surface area contributed by atoms with E-state index in [1.165, 1.54) is 5.40 Å². The summed E-state index contributed by atoms with van der Waals surface area (Å²) in [5.41, 5.74) is 0. The second kappa shape index (κ2) is 9.43. The van der Waals surface area contributed by atoms with Crippen LogP contribution in [0.1, 0.15) is 0 Å². The normalized spacial score (nSPS) is 6.14. The maximum absolute atomic E-state index is 8.76. The van der Waals surface area contributed by atoms with Crippen LogP contribution >= 0.6 is 12.6 Å². The van der Waals surface area contributed by atoms with Crippen molar-refractivity contribution in [1.82, 2.24) is 0 Å². The molecule has 2 N–H and O–H groups in total. The van der Waals surface area contributed by atoms with Gasteiger partial charge in [0.2, 0.25) is 0 Å². The van der Waals surface area contributed by atoms with Gasteiger partial charge in [0.1, 0.15) is 5.40 Å². The molecule has 0 aliphatic rings. The third-order valence-corrected chi connectivity index (χ3v) is 0. The SMILES string of the molecule is N#CS.O=[Se](O)O.